The van der Waals surface area contributed by atoms with E-state index in [0.717, 1.165) is 46.6 Å². The zero-order valence-corrected chi connectivity index (χ0v) is 16.9. The van der Waals surface area contributed by atoms with Crippen molar-refractivity contribution in [3.63, 3.8) is 0 Å². The molecule has 28 heavy (non-hydrogen) atoms. The molecule has 2 aromatic heterocycles. The van der Waals surface area contributed by atoms with E-state index in [1.165, 1.54) is 5.56 Å². The van der Waals surface area contributed by atoms with E-state index in [4.69, 9.17) is 9.72 Å². The number of nitrogens with zero attached hydrogens (tertiary/aromatic N) is 3. The molecule has 4 rings (SSSR count). The Labute approximate surface area is 164 Å². The van der Waals surface area contributed by atoms with E-state index >= 15 is 0 Å². The summed E-state index contributed by atoms with van der Waals surface area (Å²) in [7, 11) is 3.55. The van der Waals surface area contributed by atoms with Gasteiger partial charge in [-0.2, -0.15) is 5.10 Å². The summed E-state index contributed by atoms with van der Waals surface area (Å²) in [5, 5.41) is 8.39. The number of carbonyl (C=O) groups is 1. The molecule has 0 unspecified atom stereocenters. The Kier molecular flexibility index (Phi) is 4.79. The SMILES string of the molecule is COc1ccc(C)cc1CCNC(=O)c1cc(C2CC2)nc2c1c(C)nn2C. The van der Waals surface area contributed by atoms with Crippen molar-refractivity contribution in [3.05, 3.63) is 52.3 Å². The van der Waals surface area contributed by atoms with Gasteiger partial charge in [0.25, 0.3) is 5.91 Å². The highest BCUT2D eigenvalue weighted by Gasteiger charge is 2.28. The largest absolute Gasteiger partial charge is 0.496 e. The number of nitrogens with one attached hydrogen (secondary N) is 1. The van der Waals surface area contributed by atoms with E-state index < -0.39 is 0 Å². The molecule has 3 aromatic rings. The zero-order chi connectivity index (χ0) is 19.8. The van der Waals surface area contributed by atoms with Crippen LogP contribution >= 0.6 is 0 Å². The van der Waals surface area contributed by atoms with Gasteiger partial charge in [-0.15, -0.1) is 0 Å². The van der Waals surface area contributed by atoms with Gasteiger partial charge >= 0.3 is 0 Å². The van der Waals surface area contributed by atoms with Crippen LogP contribution in [0.1, 0.15) is 51.6 Å². The van der Waals surface area contributed by atoms with Crippen molar-refractivity contribution >= 4 is 16.9 Å². The van der Waals surface area contributed by atoms with Crippen LogP contribution in [0.15, 0.2) is 24.3 Å². The van der Waals surface area contributed by atoms with Gasteiger partial charge < -0.3 is 10.1 Å². The molecule has 6 nitrogen and oxygen atoms in total. The number of ether oxygens (including phenoxy) is 1. The Morgan fingerprint density at radius 2 is 2.07 bits per heavy atom. The molecular weight excluding hydrogens is 352 g/mol. The molecule has 1 aliphatic carbocycles. The van der Waals surface area contributed by atoms with Crippen LogP contribution in [0.4, 0.5) is 0 Å². The molecule has 0 radical (unpaired) electrons. The number of methoxy groups -OCH3 is 1. The maximum Gasteiger partial charge on any atom is 0.252 e. The molecule has 0 bridgehead atoms. The number of hydrogen-bond donors (Lipinski definition) is 1. The molecule has 146 valence electrons. The first-order valence-electron chi connectivity index (χ1n) is 9.74. The number of hydrogen-bond acceptors (Lipinski definition) is 4. The Balaban J connectivity index is 1.57. The molecule has 2 heterocycles. The van der Waals surface area contributed by atoms with Gasteiger partial charge in [0, 0.05) is 25.2 Å². The lowest BCUT2D eigenvalue weighted by atomic mass is 10.1. The molecule has 1 aliphatic rings. The monoisotopic (exact) mass is 378 g/mol. The van der Waals surface area contributed by atoms with Gasteiger partial charge in [0.15, 0.2) is 5.65 Å². The predicted molar refractivity (Wildman–Crippen MR) is 109 cm³/mol. The maximum absolute atomic E-state index is 13.0. The van der Waals surface area contributed by atoms with Crippen LogP contribution in [0, 0.1) is 13.8 Å². The fourth-order valence-corrected chi connectivity index (χ4v) is 3.74. The molecule has 0 spiro atoms. The Hall–Kier alpha value is -2.89. The minimum absolute atomic E-state index is 0.0722. The Bertz CT molecular complexity index is 1050. The average Bonchev–Trinajstić information content (AvgIpc) is 3.48. The van der Waals surface area contributed by atoms with Gasteiger partial charge in [-0.1, -0.05) is 17.7 Å². The number of amides is 1. The number of carbonyl (C=O) groups excluding carboxylic acids is 1. The molecule has 1 aromatic carbocycles. The van der Waals surface area contributed by atoms with Crippen molar-refractivity contribution in [2.45, 2.75) is 39.0 Å². The van der Waals surface area contributed by atoms with E-state index in [1.807, 2.05) is 32.2 Å². The van der Waals surface area contributed by atoms with Crippen molar-refractivity contribution in [3.8, 4) is 5.75 Å². The molecule has 1 saturated carbocycles. The first-order valence-corrected chi connectivity index (χ1v) is 9.74. The maximum atomic E-state index is 13.0. The summed E-state index contributed by atoms with van der Waals surface area (Å²) >= 11 is 0. The molecule has 1 fully saturated rings. The third-order valence-corrected chi connectivity index (χ3v) is 5.34. The van der Waals surface area contributed by atoms with Gasteiger partial charge in [0.05, 0.1) is 23.8 Å². The van der Waals surface area contributed by atoms with Crippen LogP contribution in [-0.4, -0.2) is 34.3 Å². The summed E-state index contributed by atoms with van der Waals surface area (Å²) in [5.41, 5.74) is 5.57. The van der Waals surface area contributed by atoms with Crippen molar-refractivity contribution < 1.29 is 9.53 Å². The highest BCUT2D eigenvalue weighted by atomic mass is 16.5. The average molecular weight is 378 g/mol. The summed E-state index contributed by atoms with van der Waals surface area (Å²) < 4.78 is 7.20. The van der Waals surface area contributed by atoms with Crippen molar-refractivity contribution in [1.82, 2.24) is 20.1 Å². The Morgan fingerprint density at radius 1 is 1.29 bits per heavy atom. The molecule has 0 atom stereocenters. The van der Waals surface area contributed by atoms with Gasteiger partial charge in [-0.25, -0.2) is 4.98 Å². The lowest BCUT2D eigenvalue weighted by Gasteiger charge is -2.11. The highest BCUT2D eigenvalue weighted by molar-refractivity contribution is 6.06. The summed E-state index contributed by atoms with van der Waals surface area (Å²) in [6.07, 6.45) is 3.00. The van der Waals surface area contributed by atoms with Crippen molar-refractivity contribution in [1.29, 1.82) is 0 Å². The van der Waals surface area contributed by atoms with E-state index in [1.54, 1.807) is 11.8 Å². The van der Waals surface area contributed by atoms with Gasteiger partial charge in [0.2, 0.25) is 0 Å². The second kappa shape index (κ2) is 7.26. The number of rotatable bonds is 6. The van der Waals surface area contributed by atoms with Crippen molar-refractivity contribution in [2.75, 3.05) is 13.7 Å². The normalized spacial score (nSPS) is 13.7. The van der Waals surface area contributed by atoms with Crippen LogP contribution < -0.4 is 10.1 Å². The van der Waals surface area contributed by atoms with Crippen LogP contribution in [0.2, 0.25) is 0 Å². The standard InChI is InChI=1S/C22H26N4O2/c1-13-5-8-19(28-4)16(11-13)9-10-23-22(27)17-12-18(15-6-7-15)24-21-20(17)14(2)25-26(21)3/h5,8,11-12,15H,6-7,9-10H2,1-4H3,(H,23,27). The Morgan fingerprint density at radius 3 is 2.79 bits per heavy atom. The highest BCUT2D eigenvalue weighted by Crippen LogP contribution is 2.40. The molecule has 1 N–H and O–H groups in total. The van der Waals surface area contributed by atoms with Gasteiger partial charge in [0.1, 0.15) is 5.75 Å². The molecule has 0 aliphatic heterocycles. The summed E-state index contributed by atoms with van der Waals surface area (Å²) in [5.74, 6) is 1.25. The lowest BCUT2D eigenvalue weighted by molar-refractivity contribution is 0.0955. The minimum Gasteiger partial charge on any atom is -0.496 e. The minimum atomic E-state index is -0.0722. The number of benzene rings is 1. The smallest absolute Gasteiger partial charge is 0.252 e. The third-order valence-electron chi connectivity index (χ3n) is 5.34. The van der Waals surface area contributed by atoms with Gasteiger partial charge in [-0.05, 0) is 50.8 Å². The molecule has 0 saturated heterocycles. The third kappa shape index (κ3) is 3.46. The van der Waals surface area contributed by atoms with Crippen molar-refractivity contribution in [2.24, 2.45) is 7.05 Å². The number of fused-ring (bicyclic) bond motifs is 1. The zero-order valence-electron chi connectivity index (χ0n) is 16.9. The molecule has 6 heteroatoms. The first kappa shape index (κ1) is 18.5. The number of pyridine rings is 1. The summed E-state index contributed by atoms with van der Waals surface area (Å²) in [6, 6.07) is 8.06. The van der Waals surface area contributed by atoms with Crippen LogP contribution in [0.25, 0.3) is 11.0 Å². The van der Waals surface area contributed by atoms with E-state index in [0.29, 0.717) is 24.4 Å². The van der Waals surface area contributed by atoms with Crippen LogP contribution in [0.3, 0.4) is 0 Å². The van der Waals surface area contributed by atoms with Crippen LogP contribution in [-0.2, 0) is 13.5 Å². The number of aromatic nitrogens is 3. The molecule has 1 amide bonds. The quantitative estimate of drug-likeness (QED) is 0.713. The summed E-state index contributed by atoms with van der Waals surface area (Å²) in [4.78, 5) is 17.8. The van der Waals surface area contributed by atoms with E-state index in [-0.39, 0.29) is 5.91 Å². The predicted octanol–water partition coefficient (Wildman–Crippen LogP) is 3.44. The first-order chi connectivity index (χ1) is 13.5. The number of aryl methyl sites for hydroxylation is 3. The lowest BCUT2D eigenvalue weighted by Crippen LogP contribution is -2.26. The topological polar surface area (TPSA) is 69.0 Å². The van der Waals surface area contributed by atoms with E-state index in [2.05, 4.69) is 23.4 Å². The summed E-state index contributed by atoms with van der Waals surface area (Å²) in [6.45, 7) is 4.52. The fraction of sp³-hybridized carbons (Fsp3) is 0.409. The van der Waals surface area contributed by atoms with E-state index in [9.17, 15) is 4.79 Å². The second-order valence-electron chi connectivity index (χ2n) is 7.60. The fourth-order valence-electron chi connectivity index (χ4n) is 3.74. The second-order valence-corrected chi connectivity index (χ2v) is 7.60. The van der Waals surface area contributed by atoms with Crippen LogP contribution in [0.5, 0.6) is 5.75 Å². The van der Waals surface area contributed by atoms with Gasteiger partial charge in [-0.3, -0.25) is 9.48 Å². The molecular formula is C22H26N4O2.